The van der Waals surface area contributed by atoms with Crippen LogP contribution in [0.15, 0.2) is 12.7 Å². The monoisotopic (exact) mass is 254 g/mol. The zero-order valence-corrected chi connectivity index (χ0v) is 10.7. The summed E-state index contributed by atoms with van der Waals surface area (Å²) in [5.74, 6) is 2.02. The van der Waals surface area contributed by atoms with Gasteiger partial charge in [-0.2, -0.15) is 11.8 Å². The molecule has 0 aromatic heterocycles. The van der Waals surface area contributed by atoms with E-state index in [2.05, 4.69) is 6.58 Å². The van der Waals surface area contributed by atoms with Gasteiger partial charge in [-0.3, -0.25) is 9.59 Å². The summed E-state index contributed by atoms with van der Waals surface area (Å²) in [6.07, 6.45) is 3.01. The fraction of sp³-hybridized carbons (Fsp3) is 0.667. The number of amides is 2. The Morgan fingerprint density at radius 2 is 1.94 bits per heavy atom. The minimum absolute atomic E-state index is 0.118. The lowest BCUT2D eigenvalue weighted by Crippen LogP contribution is -2.49. The molecule has 1 unspecified atom stereocenters. The van der Waals surface area contributed by atoms with Gasteiger partial charge in [0.05, 0.1) is 0 Å². The van der Waals surface area contributed by atoms with E-state index in [4.69, 9.17) is 0 Å². The molecule has 0 aromatic carbocycles. The van der Waals surface area contributed by atoms with Crippen molar-refractivity contribution in [3.63, 3.8) is 0 Å². The normalized spacial score (nSPS) is 24.8. The van der Waals surface area contributed by atoms with Crippen LogP contribution >= 0.6 is 11.8 Å². The average molecular weight is 254 g/mol. The van der Waals surface area contributed by atoms with Crippen LogP contribution in [0.25, 0.3) is 0 Å². The molecule has 2 heterocycles. The van der Waals surface area contributed by atoms with Crippen LogP contribution < -0.4 is 0 Å². The van der Waals surface area contributed by atoms with E-state index in [0.29, 0.717) is 6.54 Å². The molecule has 0 spiro atoms. The number of carbonyl (C=O) groups is 2. The number of nitrogens with zero attached hydrogens (tertiary/aromatic N) is 2. The molecule has 2 aliphatic rings. The molecule has 2 rings (SSSR count). The molecule has 0 bridgehead atoms. The lowest BCUT2D eigenvalue weighted by Gasteiger charge is -2.32. The zero-order valence-electron chi connectivity index (χ0n) is 9.93. The first-order valence-electron chi connectivity index (χ1n) is 6.03. The van der Waals surface area contributed by atoms with Crippen molar-refractivity contribution in [1.82, 2.24) is 9.80 Å². The van der Waals surface area contributed by atoms with E-state index in [-0.39, 0.29) is 17.9 Å². The Labute approximate surface area is 106 Å². The highest BCUT2D eigenvalue weighted by atomic mass is 32.2. The highest BCUT2D eigenvalue weighted by Gasteiger charge is 2.35. The van der Waals surface area contributed by atoms with Crippen molar-refractivity contribution in [3.05, 3.63) is 12.7 Å². The Balaban J connectivity index is 2.02. The van der Waals surface area contributed by atoms with E-state index in [9.17, 15) is 9.59 Å². The van der Waals surface area contributed by atoms with Gasteiger partial charge < -0.3 is 9.80 Å². The number of thioether (sulfide) groups is 1. The third-order valence-electron chi connectivity index (χ3n) is 3.32. The van der Waals surface area contributed by atoms with Gasteiger partial charge in [-0.15, -0.1) is 0 Å². The van der Waals surface area contributed by atoms with Crippen molar-refractivity contribution in [3.8, 4) is 0 Å². The number of hydrogen-bond donors (Lipinski definition) is 0. The Kier molecular flexibility index (Phi) is 4.10. The molecule has 94 valence electrons. The summed E-state index contributed by atoms with van der Waals surface area (Å²) in [6.45, 7) is 5.81. The molecule has 2 aliphatic heterocycles. The number of likely N-dealkylation sites (tertiary alicyclic amines) is 1. The molecule has 0 aromatic rings. The second-order valence-electron chi connectivity index (χ2n) is 4.33. The highest BCUT2D eigenvalue weighted by molar-refractivity contribution is 7.99. The standard InChI is InChI=1S/C12H18N2O2S/c1-2-11(15)14-5-3-4-10(14)12(16)13-6-8-17-9-7-13/h2,10H,1,3-9H2. The van der Waals surface area contributed by atoms with E-state index in [1.807, 2.05) is 16.7 Å². The molecule has 2 fully saturated rings. The lowest BCUT2D eigenvalue weighted by molar-refractivity contribution is -0.141. The van der Waals surface area contributed by atoms with Crippen molar-refractivity contribution in [2.24, 2.45) is 0 Å². The topological polar surface area (TPSA) is 40.6 Å². The lowest BCUT2D eigenvalue weighted by atomic mass is 10.2. The molecule has 5 heteroatoms. The van der Waals surface area contributed by atoms with Crippen molar-refractivity contribution >= 4 is 23.6 Å². The van der Waals surface area contributed by atoms with Crippen LogP contribution in [-0.2, 0) is 9.59 Å². The number of rotatable bonds is 2. The maximum absolute atomic E-state index is 12.3. The molecule has 0 N–H and O–H groups in total. The minimum atomic E-state index is -0.247. The Hall–Kier alpha value is -0.970. The van der Waals surface area contributed by atoms with Crippen LogP contribution in [0.5, 0.6) is 0 Å². The zero-order chi connectivity index (χ0) is 12.3. The van der Waals surface area contributed by atoms with Gasteiger partial charge in [0.1, 0.15) is 6.04 Å². The summed E-state index contributed by atoms with van der Waals surface area (Å²) in [4.78, 5) is 27.5. The molecule has 2 amide bonds. The third-order valence-corrected chi connectivity index (χ3v) is 4.26. The van der Waals surface area contributed by atoms with Crippen LogP contribution in [0, 0.1) is 0 Å². The maximum Gasteiger partial charge on any atom is 0.246 e. The van der Waals surface area contributed by atoms with Crippen molar-refractivity contribution < 1.29 is 9.59 Å². The van der Waals surface area contributed by atoms with Crippen LogP contribution in [0.3, 0.4) is 0 Å². The quantitative estimate of drug-likeness (QED) is 0.682. The summed E-state index contributed by atoms with van der Waals surface area (Å²) in [7, 11) is 0. The van der Waals surface area contributed by atoms with Gasteiger partial charge in [0.15, 0.2) is 0 Å². The summed E-state index contributed by atoms with van der Waals surface area (Å²) in [5.41, 5.74) is 0. The second-order valence-corrected chi connectivity index (χ2v) is 5.56. The van der Waals surface area contributed by atoms with E-state index >= 15 is 0 Å². The highest BCUT2D eigenvalue weighted by Crippen LogP contribution is 2.21. The molecule has 1 atom stereocenters. The van der Waals surface area contributed by atoms with Crippen molar-refractivity contribution in [2.75, 3.05) is 31.1 Å². The SMILES string of the molecule is C=CC(=O)N1CCCC1C(=O)N1CCSCC1. The summed E-state index contributed by atoms with van der Waals surface area (Å²) in [5, 5.41) is 0. The summed E-state index contributed by atoms with van der Waals surface area (Å²) >= 11 is 1.88. The van der Waals surface area contributed by atoms with Crippen LogP contribution in [0.2, 0.25) is 0 Å². The van der Waals surface area contributed by atoms with E-state index in [0.717, 1.165) is 37.4 Å². The fourth-order valence-corrected chi connectivity index (χ4v) is 3.30. The fourth-order valence-electron chi connectivity index (χ4n) is 2.40. The molecule has 2 saturated heterocycles. The summed E-state index contributed by atoms with van der Waals surface area (Å²) in [6, 6.07) is -0.247. The average Bonchev–Trinajstić information content (AvgIpc) is 2.87. The number of hydrogen-bond acceptors (Lipinski definition) is 3. The first-order valence-corrected chi connectivity index (χ1v) is 7.19. The van der Waals surface area contributed by atoms with Crippen molar-refractivity contribution in [1.29, 1.82) is 0 Å². The molecular formula is C12H18N2O2S. The first-order chi connectivity index (χ1) is 8.24. The van der Waals surface area contributed by atoms with Crippen molar-refractivity contribution in [2.45, 2.75) is 18.9 Å². The molecule has 17 heavy (non-hydrogen) atoms. The third kappa shape index (κ3) is 2.65. The predicted molar refractivity (Wildman–Crippen MR) is 68.8 cm³/mol. The maximum atomic E-state index is 12.3. The van der Waals surface area contributed by atoms with E-state index < -0.39 is 0 Å². The van der Waals surface area contributed by atoms with Gasteiger partial charge in [0, 0.05) is 31.1 Å². The van der Waals surface area contributed by atoms with Crippen LogP contribution in [-0.4, -0.2) is 58.8 Å². The Morgan fingerprint density at radius 1 is 1.24 bits per heavy atom. The Morgan fingerprint density at radius 3 is 2.59 bits per heavy atom. The van der Waals surface area contributed by atoms with E-state index in [1.54, 1.807) is 4.90 Å². The second kappa shape index (κ2) is 5.58. The molecule has 0 saturated carbocycles. The molecule has 0 aliphatic carbocycles. The van der Waals surface area contributed by atoms with Crippen LogP contribution in [0.4, 0.5) is 0 Å². The Bertz CT molecular complexity index is 326. The van der Waals surface area contributed by atoms with Gasteiger partial charge in [-0.25, -0.2) is 0 Å². The van der Waals surface area contributed by atoms with Gasteiger partial charge in [0.25, 0.3) is 0 Å². The first kappa shape index (κ1) is 12.5. The predicted octanol–water partition coefficient (Wildman–Crippen LogP) is 0.739. The smallest absolute Gasteiger partial charge is 0.246 e. The number of carbonyl (C=O) groups excluding carboxylic acids is 2. The molecule has 0 radical (unpaired) electrons. The summed E-state index contributed by atoms with van der Waals surface area (Å²) < 4.78 is 0. The van der Waals surface area contributed by atoms with Crippen LogP contribution in [0.1, 0.15) is 12.8 Å². The van der Waals surface area contributed by atoms with E-state index in [1.165, 1.54) is 6.08 Å². The van der Waals surface area contributed by atoms with Gasteiger partial charge in [-0.05, 0) is 18.9 Å². The molecule has 4 nitrogen and oxygen atoms in total. The molecular weight excluding hydrogens is 236 g/mol. The van der Waals surface area contributed by atoms with Gasteiger partial charge in [-0.1, -0.05) is 6.58 Å². The minimum Gasteiger partial charge on any atom is -0.339 e. The van der Waals surface area contributed by atoms with Gasteiger partial charge >= 0.3 is 0 Å². The largest absolute Gasteiger partial charge is 0.339 e. The van der Waals surface area contributed by atoms with Gasteiger partial charge in [0.2, 0.25) is 11.8 Å².